The highest BCUT2D eigenvalue weighted by Crippen LogP contribution is 2.29. The van der Waals surface area contributed by atoms with Crippen molar-refractivity contribution < 1.29 is 14.3 Å². The summed E-state index contributed by atoms with van der Waals surface area (Å²) >= 11 is 0. The largest absolute Gasteiger partial charge is 0.493 e. The van der Waals surface area contributed by atoms with E-state index in [-0.39, 0.29) is 12.0 Å². The van der Waals surface area contributed by atoms with Gasteiger partial charge >= 0.3 is 0 Å². The lowest BCUT2D eigenvalue weighted by Crippen LogP contribution is -2.59. The monoisotopic (exact) mass is 332 g/mol. The van der Waals surface area contributed by atoms with Gasteiger partial charge in [0.2, 0.25) is 5.91 Å². The lowest BCUT2D eigenvalue weighted by atomic mass is 10.00. The predicted octanol–water partition coefficient (Wildman–Crippen LogP) is 2.55. The number of nitrogens with zero attached hydrogens (tertiary/aromatic N) is 2. The van der Waals surface area contributed by atoms with Crippen LogP contribution in [0, 0.1) is 0 Å². The number of benzene rings is 1. The van der Waals surface area contributed by atoms with Crippen LogP contribution in [0.1, 0.15) is 32.6 Å². The Morgan fingerprint density at radius 2 is 1.96 bits per heavy atom. The molecule has 132 valence electrons. The van der Waals surface area contributed by atoms with Gasteiger partial charge in [0.1, 0.15) is 6.10 Å². The number of carbonyl (C=O) groups excluding carboxylic acids is 1. The quantitative estimate of drug-likeness (QED) is 0.803. The molecule has 0 spiro atoms. The maximum absolute atomic E-state index is 12.5. The average Bonchev–Trinajstić information content (AvgIpc) is 2.58. The SMILES string of the molecule is CC[C@@H]1CCCCN1CC(=O)N1CC(Oc2ccccc2OC)C1. The maximum Gasteiger partial charge on any atom is 0.237 e. The van der Waals surface area contributed by atoms with Crippen LogP contribution in [0.2, 0.25) is 0 Å². The minimum atomic E-state index is 0.0635. The molecule has 0 aromatic heterocycles. The van der Waals surface area contributed by atoms with Gasteiger partial charge in [-0.15, -0.1) is 0 Å². The van der Waals surface area contributed by atoms with E-state index in [0.29, 0.717) is 25.7 Å². The van der Waals surface area contributed by atoms with Crippen molar-refractivity contribution in [2.75, 3.05) is 33.3 Å². The van der Waals surface area contributed by atoms with Gasteiger partial charge in [-0.25, -0.2) is 0 Å². The van der Waals surface area contributed by atoms with Crippen LogP contribution in [0.5, 0.6) is 11.5 Å². The first-order chi connectivity index (χ1) is 11.7. The molecule has 1 aromatic rings. The molecule has 0 radical (unpaired) electrons. The lowest BCUT2D eigenvalue weighted by Gasteiger charge is -2.41. The van der Waals surface area contributed by atoms with E-state index in [4.69, 9.17) is 9.47 Å². The van der Waals surface area contributed by atoms with Crippen molar-refractivity contribution in [3.05, 3.63) is 24.3 Å². The van der Waals surface area contributed by atoms with Crippen molar-refractivity contribution in [2.45, 2.75) is 44.8 Å². The Hall–Kier alpha value is -1.75. The Morgan fingerprint density at radius 3 is 2.67 bits per heavy atom. The first-order valence-corrected chi connectivity index (χ1v) is 9.02. The highest BCUT2D eigenvalue weighted by Gasteiger charge is 2.34. The summed E-state index contributed by atoms with van der Waals surface area (Å²) in [7, 11) is 1.64. The molecule has 24 heavy (non-hydrogen) atoms. The molecule has 0 bridgehead atoms. The van der Waals surface area contributed by atoms with Gasteiger partial charge in [0.25, 0.3) is 0 Å². The van der Waals surface area contributed by atoms with Crippen LogP contribution >= 0.6 is 0 Å². The van der Waals surface area contributed by atoms with E-state index in [2.05, 4.69) is 11.8 Å². The van der Waals surface area contributed by atoms with E-state index in [1.54, 1.807) is 7.11 Å². The Bertz CT molecular complexity index is 557. The second-order valence-corrected chi connectivity index (χ2v) is 6.72. The van der Waals surface area contributed by atoms with Crippen molar-refractivity contribution in [1.82, 2.24) is 9.80 Å². The molecule has 0 unspecified atom stereocenters. The second-order valence-electron chi connectivity index (χ2n) is 6.72. The first-order valence-electron chi connectivity index (χ1n) is 9.02. The van der Waals surface area contributed by atoms with Crippen molar-refractivity contribution in [1.29, 1.82) is 0 Å². The molecule has 2 fully saturated rings. The molecule has 5 nitrogen and oxygen atoms in total. The molecule has 0 aliphatic carbocycles. The minimum absolute atomic E-state index is 0.0635. The van der Waals surface area contributed by atoms with Crippen LogP contribution in [-0.2, 0) is 4.79 Å². The van der Waals surface area contributed by atoms with Gasteiger partial charge in [-0.1, -0.05) is 25.5 Å². The minimum Gasteiger partial charge on any atom is -0.493 e. The van der Waals surface area contributed by atoms with Crippen molar-refractivity contribution in [2.24, 2.45) is 0 Å². The molecule has 3 rings (SSSR count). The zero-order valence-electron chi connectivity index (χ0n) is 14.7. The number of amides is 1. The van der Waals surface area contributed by atoms with Gasteiger partial charge in [0, 0.05) is 6.04 Å². The molecule has 5 heteroatoms. The molecule has 0 saturated carbocycles. The molecule has 1 aromatic carbocycles. The molecule has 2 aliphatic rings. The zero-order valence-corrected chi connectivity index (χ0v) is 14.7. The average molecular weight is 332 g/mol. The fraction of sp³-hybridized carbons (Fsp3) is 0.632. The fourth-order valence-electron chi connectivity index (χ4n) is 3.62. The van der Waals surface area contributed by atoms with Gasteiger partial charge in [0.15, 0.2) is 11.5 Å². The third-order valence-electron chi connectivity index (χ3n) is 5.12. The number of hydrogen-bond acceptors (Lipinski definition) is 4. The summed E-state index contributed by atoms with van der Waals surface area (Å²) in [6.45, 7) is 5.16. The van der Waals surface area contributed by atoms with Gasteiger partial charge < -0.3 is 14.4 Å². The van der Waals surface area contributed by atoms with Crippen molar-refractivity contribution in [3.8, 4) is 11.5 Å². The number of carbonyl (C=O) groups is 1. The molecule has 1 atom stereocenters. The number of likely N-dealkylation sites (tertiary alicyclic amines) is 2. The van der Waals surface area contributed by atoms with Crippen LogP contribution in [0.4, 0.5) is 0 Å². The third-order valence-corrected chi connectivity index (χ3v) is 5.12. The normalized spacial score (nSPS) is 22.1. The van der Waals surface area contributed by atoms with Crippen LogP contribution in [0.15, 0.2) is 24.3 Å². The van der Waals surface area contributed by atoms with Gasteiger partial charge in [-0.3, -0.25) is 9.69 Å². The molecular formula is C19H28N2O3. The van der Waals surface area contributed by atoms with Gasteiger partial charge in [-0.2, -0.15) is 0 Å². The van der Waals surface area contributed by atoms with E-state index >= 15 is 0 Å². The number of hydrogen-bond donors (Lipinski definition) is 0. The molecule has 2 aliphatic heterocycles. The standard InChI is InChI=1S/C19H28N2O3/c1-3-15-8-6-7-11-20(15)14-19(22)21-12-16(13-21)24-18-10-5-4-9-17(18)23-2/h4-5,9-10,15-16H,3,6-8,11-14H2,1-2H3/t15-/m1/s1. The summed E-state index contributed by atoms with van der Waals surface area (Å²) in [5, 5.41) is 0. The summed E-state index contributed by atoms with van der Waals surface area (Å²) in [5.41, 5.74) is 0. The third kappa shape index (κ3) is 3.83. The number of ether oxygens (including phenoxy) is 2. The van der Waals surface area contributed by atoms with Gasteiger partial charge in [0.05, 0.1) is 26.7 Å². The van der Waals surface area contributed by atoms with Crippen molar-refractivity contribution >= 4 is 5.91 Å². The Morgan fingerprint density at radius 1 is 1.21 bits per heavy atom. The fourth-order valence-corrected chi connectivity index (χ4v) is 3.62. The predicted molar refractivity (Wildman–Crippen MR) is 93.5 cm³/mol. The van der Waals surface area contributed by atoms with Crippen LogP contribution in [-0.4, -0.2) is 61.1 Å². The molecule has 2 saturated heterocycles. The van der Waals surface area contributed by atoms with E-state index in [9.17, 15) is 4.79 Å². The summed E-state index contributed by atoms with van der Waals surface area (Å²) in [4.78, 5) is 16.7. The molecule has 2 heterocycles. The van der Waals surface area contributed by atoms with E-state index < -0.39 is 0 Å². The van der Waals surface area contributed by atoms with E-state index in [1.807, 2.05) is 29.2 Å². The summed E-state index contributed by atoms with van der Waals surface area (Å²) in [6.07, 6.45) is 4.93. The summed E-state index contributed by atoms with van der Waals surface area (Å²) in [6, 6.07) is 8.22. The Kier molecular flexibility index (Phi) is 5.61. The second kappa shape index (κ2) is 7.88. The maximum atomic E-state index is 12.5. The number of methoxy groups -OCH3 is 1. The summed E-state index contributed by atoms with van der Waals surface area (Å²) in [5.74, 6) is 1.72. The lowest BCUT2D eigenvalue weighted by molar-refractivity contribution is -0.142. The number of rotatable bonds is 6. The summed E-state index contributed by atoms with van der Waals surface area (Å²) < 4.78 is 11.3. The molecule has 0 N–H and O–H groups in total. The molecular weight excluding hydrogens is 304 g/mol. The first kappa shape index (κ1) is 17.1. The van der Waals surface area contributed by atoms with Crippen LogP contribution in [0.25, 0.3) is 0 Å². The van der Waals surface area contributed by atoms with Crippen LogP contribution in [0.3, 0.4) is 0 Å². The van der Waals surface area contributed by atoms with Crippen molar-refractivity contribution in [3.63, 3.8) is 0 Å². The highest BCUT2D eigenvalue weighted by molar-refractivity contribution is 5.79. The van der Waals surface area contributed by atoms with Gasteiger partial charge in [-0.05, 0) is 37.9 Å². The van der Waals surface area contributed by atoms with E-state index in [0.717, 1.165) is 24.5 Å². The zero-order chi connectivity index (χ0) is 16.9. The number of para-hydroxylation sites is 2. The van der Waals surface area contributed by atoms with Crippen LogP contribution < -0.4 is 9.47 Å². The Labute approximate surface area is 144 Å². The number of piperidine rings is 1. The molecule has 1 amide bonds. The Balaban J connectivity index is 1.46. The topological polar surface area (TPSA) is 42.0 Å². The highest BCUT2D eigenvalue weighted by atomic mass is 16.5. The van der Waals surface area contributed by atoms with E-state index in [1.165, 1.54) is 19.3 Å². The smallest absolute Gasteiger partial charge is 0.237 e.